The number of hydrogen-bond acceptors (Lipinski definition) is 7. The van der Waals surface area contributed by atoms with E-state index in [1.54, 1.807) is 18.2 Å². The first-order chi connectivity index (χ1) is 16.6. The lowest BCUT2D eigenvalue weighted by atomic mass is 9.97. The summed E-state index contributed by atoms with van der Waals surface area (Å²) in [4.78, 5) is 35.8. The summed E-state index contributed by atoms with van der Waals surface area (Å²) in [5.74, 6) is -1.35. The van der Waals surface area contributed by atoms with E-state index >= 15 is 0 Å². The third kappa shape index (κ3) is 6.86. The van der Waals surface area contributed by atoms with E-state index in [9.17, 15) is 22.8 Å². The second-order valence-corrected chi connectivity index (χ2v) is 9.73. The summed E-state index contributed by atoms with van der Waals surface area (Å²) in [5.41, 5.74) is 0.726. The maximum Gasteiger partial charge on any atom is 0.266 e. The first-order valence-corrected chi connectivity index (χ1v) is 12.4. The van der Waals surface area contributed by atoms with Crippen LogP contribution in [0, 0.1) is 5.92 Å². The van der Waals surface area contributed by atoms with Crippen molar-refractivity contribution in [3.05, 3.63) is 47.0 Å². The van der Waals surface area contributed by atoms with Crippen LogP contribution in [-0.4, -0.2) is 58.3 Å². The highest BCUT2D eigenvalue weighted by molar-refractivity contribution is 7.89. The van der Waals surface area contributed by atoms with Crippen LogP contribution in [0.2, 0.25) is 5.02 Å². The largest absolute Gasteiger partial charge is 0.496 e. The SMILES string of the molecule is CCN(C(=O)C(CNC=O)Cc1cc(Cl)ccc1OC)S(=O)(=O)c1ccc(OC)c(NC(C)=O)c1. The predicted molar refractivity (Wildman–Crippen MR) is 131 cm³/mol. The van der Waals surface area contributed by atoms with Crippen molar-refractivity contribution in [1.29, 1.82) is 0 Å². The molecule has 0 radical (unpaired) electrons. The van der Waals surface area contributed by atoms with Crippen molar-refractivity contribution in [2.75, 3.05) is 32.6 Å². The van der Waals surface area contributed by atoms with E-state index < -0.39 is 27.8 Å². The monoisotopic (exact) mass is 525 g/mol. The molecule has 1 unspecified atom stereocenters. The second kappa shape index (κ2) is 12.4. The molecule has 2 aromatic carbocycles. The Morgan fingerprint density at radius 3 is 2.34 bits per heavy atom. The number of rotatable bonds is 12. The Bertz CT molecular complexity index is 1190. The Balaban J connectivity index is 2.47. The fourth-order valence-corrected chi connectivity index (χ4v) is 5.20. The third-order valence-electron chi connectivity index (χ3n) is 5.11. The highest BCUT2D eigenvalue weighted by Crippen LogP contribution is 2.30. The molecule has 0 aliphatic heterocycles. The molecule has 1 atom stereocenters. The van der Waals surface area contributed by atoms with Gasteiger partial charge < -0.3 is 20.1 Å². The van der Waals surface area contributed by atoms with Crippen molar-refractivity contribution in [3.8, 4) is 11.5 Å². The summed E-state index contributed by atoms with van der Waals surface area (Å²) in [7, 11) is -1.47. The molecule has 2 rings (SSSR count). The number of ether oxygens (including phenoxy) is 2. The lowest BCUT2D eigenvalue weighted by Crippen LogP contribution is -2.44. The van der Waals surface area contributed by atoms with Crippen molar-refractivity contribution < 1.29 is 32.3 Å². The van der Waals surface area contributed by atoms with E-state index in [0.717, 1.165) is 4.31 Å². The van der Waals surface area contributed by atoms with E-state index in [1.807, 2.05) is 0 Å². The van der Waals surface area contributed by atoms with Crippen LogP contribution in [0.25, 0.3) is 0 Å². The number of carbonyl (C=O) groups excluding carboxylic acids is 3. The van der Waals surface area contributed by atoms with Crippen molar-refractivity contribution >= 4 is 45.5 Å². The topological polar surface area (TPSA) is 131 Å². The van der Waals surface area contributed by atoms with Gasteiger partial charge in [0.1, 0.15) is 11.5 Å². The molecule has 12 heteroatoms. The van der Waals surface area contributed by atoms with E-state index in [-0.39, 0.29) is 35.8 Å². The number of hydrogen-bond donors (Lipinski definition) is 2. The molecule has 0 aliphatic carbocycles. The number of nitrogens with one attached hydrogen (secondary N) is 2. The van der Waals surface area contributed by atoms with E-state index in [0.29, 0.717) is 22.7 Å². The zero-order valence-electron chi connectivity index (χ0n) is 19.8. The second-order valence-electron chi connectivity index (χ2n) is 7.43. The number of amides is 3. The zero-order chi connectivity index (χ0) is 26.2. The lowest BCUT2D eigenvalue weighted by Gasteiger charge is -2.26. The molecule has 0 saturated carbocycles. The van der Waals surface area contributed by atoms with Gasteiger partial charge in [0.25, 0.3) is 10.0 Å². The summed E-state index contributed by atoms with van der Waals surface area (Å²) in [6.45, 7) is 2.53. The summed E-state index contributed by atoms with van der Waals surface area (Å²) in [6, 6.07) is 8.79. The molecule has 0 bridgehead atoms. The molecular formula is C23H28ClN3O7S. The molecule has 0 saturated heterocycles. The Labute approximate surface area is 209 Å². The van der Waals surface area contributed by atoms with Crippen LogP contribution in [0.3, 0.4) is 0 Å². The molecule has 190 valence electrons. The Kier molecular flexibility index (Phi) is 9.90. The standard InChI is InChI=1S/C23H28ClN3O7S/c1-5-27(35(31,32)19-7-9-22(34-4)20(12-19)26-15(2)29)23(30)17(13-25-14-28)10-16-11-18(24)6-8-21(16)33-3/h6-9,11-12,14,17H,5,10,13H2,1-4H3,(H,25,28)(H,26,29). The molecule has 2 aromatic rings. The summed E-state index contributed by atoms with van der Waals surface area (Å²) in [6.07, 6.45) is 0.499. The molecule has 35 heavy (non-hydrogen) atoms. The fourth-order valence-electron chi connectivity index (χ4n) is 3.52. The number of anilines is 1. The highest BCUT2D eigenvalue weighted by atomic mass is 35.5. The smallest absolute Gasteiger partial charge is 0.266 e. The van der Waals surface area contributed by atoms with Crippen molar-refractivity contribution in [2.45, 2.75) is 25.2 Å². The van der Waals surface area contributed by atoms with Gasteiger partial charge in [0.2, 0.25) is 18.2 Å². The molecule has 0 aliphatic rings. The molecule has 0 fully saturated rings. The number of sulfonamides is 1. The average Bonchev–Trinajstić information content (AvgIpc) is 2.81. The number of nitrogens with zero attached hydrogens (tertiary/aromatic N) is 1. The maximum atomic E-state index is 13.5. The van der Waals surface area contributed by atoms with Crippen LogP contribution in [0.1, 0.15) is 19.4 Å². The number of halogens is 1. The molecule has 0 aromatic heterocycles. The minimum atomic E-state index is -4.32. The Morgan fingerprint density at radius 1 is 1.11 bits per heavy atom. The van der Waals surface area contributed by atoms with Gasteiger partial charge >= 0.3 is 0 Å². The zero-order valence-corrected chi connectivity index (χ0v) is 21.4. The molecule has 0 heterocycles. The molecule has 2 N–H and O–H groups in total. The minimum Gasteiger partial charge on any atom is -0.496 e. The predicted octanol–water partition coefficient (Wildman–Crippen LogP) is 2.46. The van der Waals surface area contributed by atoms with Crippen molar-refractivity contribution in [1.82, 2.24) is 9.62 Å². The van der Waals surface area contributed by atoms with Gasteiger partial charge in [-0.3, -0.25) is 14.4 Å². The maximum absolute atomic E-state index is 13.5. The van der Waals surface area contributed by atoms with E-state index in [1.165, 1.54) is 46.3 Å². The number of methoxy groups -OCH3 is 2. The minimum absolute atomic E-state index is 0.0647. The highest BCUT2D eigenvalue weighted by Gasteiger charge is 2.34. The van der Waals surface area contributed by atoms with Crippen LogP contribution in [-0.2, 0) is 30.8 Å². The van der Waals surface area contributed by atoms with Gasteiger partial charge in [-0.15, -0.1) is 0 Å². The van der Waals surface area contributed by atoms with Gasteiger partial charge in [-0.2, -0.15) is 0 Å². The fraction of sp³-hybridized carbons (Fsp3) is 0.348. The molecular weight excluding hydrogens is 498 g/mol. The number of benzene rings is 2. The van der Waals surface area contributed by atoms with Gasteiger partial charge in [-0.05, 0) is 55.3 Å². The van der Waals surface area contributed by atoms with Crippen molar-refractivity contribution in [2.24, 2.45) is 5.92 Å². The third-order valence-corrected chi connectivity index (χ3v) is 7.21. The average molecular weight is 526 g/mol. The summed E-state index contributed by atoms with van der Waals surface area (Å²) in [5, 5.41) is 5.39. The summed E-state index contributed by atoms with van der Waals surface area (Å²) < 4.78 is 38.2. The van der Waals surface area contributed by atoms with Crippen LogP contribution in [0.4, 0.5) is 5.69 Å². The summed E-state index contributed by atoms with van der Waals surface area (Å²) >= 11 is 6.10. The van der Waals surface area contributed by atoms with Gasteiger partial charge in [0, 0.05) is 25.0 Å². The van der Waals surface area contributed by atoms with Crippen LogP contribution >= 0.6 is 11.6 Å². The van der Waals surface area contributed by atoms with Crippen molar-refractivity contribution in [3.63, 3.8) is 0 Å². The lowest BCUT2D eigenvalue weighted by molar-refractivity contribution is -0.130. The Hall–Kier alpha value is -3.31. The molecule has 0 spiro atoms. The van der Waals surface area contributed by atoms with E-state index in [2.05, 4.69) is 10.6 Å². The Morgan fingerprint density at radius 2 is 1.77 bits per heavy atom. The normalized spacial score (nSPS) is 11.8. The molecule has 10 nitrogen and oxygen atoms in total. The molecule has 3 amide bonds. The van der Waals surface area contributed by atoms with Gasteiger partial charge in [-0.25, -0.2) is 12.7 Å². The first kappa shape index (κ1) is 27.9. The first-order valence-electron chi connectivity index (χ1n) is 10.6. The van der Waals surface area contributed by atoms with Crippen LogP contribution in [0.5, 0.6) is 11.5 Å². The van der Waals surface area contributed by atoms with Crippen LogP contribution < -0.4 is 20.1 Å². The van der Waals surface area contributed by atoms with Gasteiger partial charge in [0.05, 0.1) is 30.7 Å². The van der Waals surface area contributed by atoms with Crippen LogP contribution in [0.15, 0.2) is 41.3 Å². The van der Waals surface area contributed by atoms with Gasteiger partial charge in [-0.1, -0.05) is 11.6 Å². The van der Waals surface area contributed by atoms with Gasteiger partial charge in [0.15, 0.2) is 0 Å². The number of carbonyl (C=O) groups is 3. The van der Waals surface area contributed by atoms with E-state index in [4.69, 9.17) is 21.1 Å². The quantitative estimate of drug-likeness (QED) is 0.407.